The number of fused-ring (bicyclic) bond motifs is 2. The largest absolute Gasteiger partial charge is 0.458 e. The van der Waals surface area contributed by atoms with Crippen LogP contribution in [0.2, 0.25) is 0 Å². The smallest absolute Gasteiger partial charge is 0.171 e. The fourth-order valence-electron chi connectivity index (χ4n) is 1.63. The van der Waals surface area contributed by atoms with E-state index in [-0.39, 0.29) is 0 Å². The first kappa shape index (κ1) is 9.15. The molecule has 3 rings (SSSR count). The van der Waals surface area contributed by atoms with Crippen molar-refractivity contribution >= 4 is 11.0 Å². The summed E-state index contributed by atoms with van der Waals surface area (Å²) >= 11 is 0. The van der Waals surface area contributed by atoms with Gasteiger partial charge in [-0.25, -0.2) is 9.97 Å². The number of benzene rings is 1. The predicted octanol–water partition coefficient (Wildman–Crippen LogP) is 2.49. The molecule has 80 valence electrons. The summed E-state index contributed by atoms with van der Waals surface area (Å²) in [5.74, 6) is 1.35. The molecule has 1 aliphatic rings. The topological polar surface area (TPSA) is 44.2 Å². The Morgan fingerprint density at radius 3 is 1.69 bits per heavy atom. The molecule has 0 spiro atoms. The van der Waals surface area contributed by atoms with Crippen LogP contribution in [0.3, 0.4) is 0 Å². The van der Waals surface area contributed by atoms with E-state index in [1.54, 1.807) is 0 Å². The molecule has 0 fully saturated rings. The third-order valence-corrected chi connectivity index (χ3v) is 2.59. The van der Waals surface area contributed by atoms with Gasteiger partial charge in [-0.1, -0.05) is 0 Å². The maximum absolute atomic E-state index is 5.33. The molecular weight excluding hydrogens is 204 g/mol. The first-order valence-corrected chi connectivity index (χ1v) is 5.01. The van der Waals surface area contributed by atoms with Crippen molar-refractivity contribution in [3.8, 4) is 11.5 Å². The van der Waals surface area contributed by atoms with Crippen LogP contribution in [-0.4, -0.2) is 9.97 Å². The van der Waals surface area contributed by atoms with Crippen molar-refractivity contribution in [2.75, 3.05) is 0 Å². The van der Waals surface area contributed by atoms with Gasteiger partial charge in [0.15, 0.2) is 11.5 Å². The molecule has 2 aromatic rings. The maximum Gasteiger partial charge on any atom is 0.171 e. The molecule has 1 aromatic heterocycles. The number of hydrogen-bond donors (Lipinski definition) is 0. The molecule has 0 radical (unpaired) electrons. The quantitative estimate of drug-likeness (QED) is 0.675. The van der Waals surface area contributed by atoms with Gasteiger partial charge < -0.3 is 9.47 Å². The molecule has 1 aliphatic heterocycles. The summed E-state index contributed by atoms with van der Waals surface area (Å²) in [5.41, 5.74) is 3.50. The Bertz CT molecular complexity index is 553. The van der Waals surface area contributed by atoms with Crippen molar-refractivity contribution < 1.29 is 9.47 Å². The van der Waals surface area contributed by atoms with Crippen LogP contribution in [0, 0.1) is 13.8 Å². The van der Waals surface area contributed by atoms with Crippen molar-refractivity contribution in [2.45, 2.75) is 13.8 Å². The van der Waals surface area contributed by atoms with Gasteiger partial charge in [0.25, 0.3) is 0 Å². The molecule has 0 saturated heterocycles. The second-order valence-electron chi connectivity index (χ2n) is 3.69. The van der Waals surface area contributed by atoms with Crippen molar-refractivity contribution in [1.82, 2.24) is 9.97 Å². The van der Waals surface area contributed by atoms with E-state index in [9.17, 15) is 0 Å². The Hall–Kier alpha value is -2.10. The van der Waals surface area contributed by atoms with E-state index in [1.807, 2.05) is 26.0 Å². The van der Waals surface area contributed by atoms with Crippen molar-refractivity contribution in [3.63, 3.8) is 0 Å². The van der Waals surface area contributed by atoms with Gasteiger partial charge in [0.05, 0.1) is 22.4 Å². The average molecular weight is 214 g/mol. The highest BCUT2D eigenvalue weighted by Crippen LogP contribution is 2.33. The molecule has 2 heterocycles. The van der Waals surface area contributed by atoms with E-state index in [2.05, 4.69) is 9.97 Å². The number of aryl methyl sites for hydroxylation is 2. The van der Waals surface area contributed by atoms with Crippen LogP contribution < -0.4 is 9.47 Å². The fourth-order valence-corrected chi connectivity index (χ4v) is 1.63. The van der Waals surface area contributed by atoms with Gasteiger partial charge in [0.1, 0.15) is 12.5 Å². The second kappa shape index (κ2) is 3.20. The summed E-state index contributed by atoms with van der Waals surface area (Å²) in [4.78, 5) is 8.92. The monoisotopic (exact) mass is 214 g/mol. The summed E-state index contributed by atoms with van der Waals surface area (Å²) in [5, 5.41) is 0. The van der Waals surface area contributed by atoms with Crippen LogP contribution in [-0.2, 0) is 0 Å². The molecule has 1 aromatic carbocycles. The van der Waals surface area contributed by atoms with E-state index >= 15 is 0 Å². The predicted molar refractivity (Wildman–Crippen MR) is 59.4 cm³/mol. The van der Waals surface area contributed by atoms with Crippen molar-refractivity contribution in [2.24, 2.45) is 0 Å². The van der Waals surface area contributed by atoms with Gasteiger partial charge in [-0.2, -0.15) is 0 Å². The minimum Gasteiger partial charge on any atom is -0.458 e. The number of ether oxygens (including phenoxy) is 2. The zero-order valence-electron chi connectivity index (χ0n) is 9.02. The molecule has 16 heavy (non-hydrogen) atoms. The van der Waals surface area contributed by atoms with Crippen LogP contribution in [0.1, 0.15) is 11.4 Å². The molecule has 4 nitrogen and oxygen atoms in total. The summed E-state index contributed by atoms with van der Waals surface area (Å²) in [7, 11) is 0. The third kappa shape index (κ3) is 1.31. The molecule has 0 unspecified atom stereocenters. The minimum absolute atomic E-state index is 0.674. The van der Waals surface area contributed by atoms with Gasteiger partial charge in [-0.15, -0.1) is 0 Å². The second-order valence-corrected chi connectivity index (χ2v) is 3.69. The Labute approximate surface area is 92.5 Å². The minimum atomic E-state index is 0.674. The van der Waals surface area contributed by atoms with Gasteiger partial charge in [-0.3, -0.25) is 0 Å². The van der Waals surface area contributed by atoms with E-state index in [1.165, 1.54) is 12.5 Å². The normalized spacial score (nSPS) is 13.1. The fraction of sp³-hybridized carbons (Fsp3) is 0.167. The van der Waals surface area contributed by atoms with Crippen molar-refractivity contribution in [1.29, 1.82) is 0 Å². The zero-order chi connectivity index (χ0) is 11.1. The van der Waals surface area contributed by atoms with Crippen LogP contribution in [0.5, 0.6) is 11.5 Å². The van der Waals surface area contributed by atoms with Crippen LogP contribution in [0.15, 0.2) is 24.7 Å². The lowest BCUT2D eigenvalue weighted by Crippen LogP contribution is -1.99. The van der Waals surface area contributed by atoms with Gasteiger partial charge in [0, 0.05) is 12.1 Å². The summed E-state index contributed by atoms with van der Waals surface area (Å²) < 4.78 is 10.7. The van der Waals surface area contributed by atoms with E-state index in [4.69, 9.17) is 9.47 Å². The lowest BCUT2D eigenvalue weighted by Gasteiger charge is -2.13. The summed E-state index contributed by atoms with van der Waals surface area (Å²) in [6.07, 6.45) is 3.01. The Balaban J connectivity index is 2.29. The molecule has 0 saturated carbocycles. The van der Waals surface area contributed by atoms with Gasteiger partial charge >= 0.3 is 0 Å². The Morgan fingerprint density at radius 2 is 1.25 bits per heavy atom. The Kier molecular flexibility index (Phi) is 1.83. The van der Waals surface area contributed by atoms with E-state index in [0.717, 1.165) is 22.4 Å². The first-order chi connectivity index (χ1) is 7.74. The lowest BCUT2D eigenvalue weighted by molar-refractivity contribution is 0.362. The highest BCUT2D eigenvalue weighted by Gasteiger charge is 2.12. The SMILES string of the molecule is Cc1nc2cc3c(cc2nc1C)OC=CO3. The number of aromatic nitrogens is 2. The number of nitrogens with zero attached hydrogens (tertiary/aromatic N) is 2. The third-order valence-electron chi connectivity index (χ3n) is 2.59. The van der Waals surface area contributed by atoms with Crippen LogP contribution in [0.4, 0.5) is 0 Å². The van der Waals surface area contributed by atoms with Crippen molar-refractivity contribution in [3.05, 3.63) is 36.0 Å². The standard InChI is InChI=1S/C12H10N2O2/c1-7-8(2)14-10-6-12-11(5-9(10)13-7)15-3-4-16-12/h3-6H,1-2H3. The molecule has 0 atom stereocenters. The molecule has 0 amide bonds. The van der Waals surface area contributed by atoms with E-state index < -0.39 is 0 Å². The first-order valence-electron chi connectivity index (χ1n) is 5.01. The Morgan fingerprint density at radius 1 is 0.812 bits per heavy atom. The van der Waals surface area contributed by atoms with E-state index in [0.29, 0.717) is 11.5 Å². The lowest BCUT2D eigenvalue weighted by atomic mass is 10.2. The summed E-state index contributed by atoms with van der Waals surface area (Å²) in [6.45, 7) is 3.89. The number of rotatable bonds is 0. The van der Waals surface area contributed by atoms with Crippen LogP contribution >= 0.6 is 0 Å². The highest BCUT2D eigenvalue weighted by atomic mass is 16.5. The molecule has 0 bridgehead atoms. The van der Waals surface area contributed by atoms with Gasteiger partial charge in [0.2, 0.25) is 0 Å². The highest BCUT2D eigenvalue weighted by molar-refractivity contribution is 5.79. The molecular formula is C12H10N2O2. The zero-order valence-corrected chi connectivity index (χ0v) is 9.02. The molecule has 0 aliphatic carbocycles. The van der Waals surface area contributed by atoms with Gasteiger partial charge in [-0.05, 0) is 13.8 Å². The van der Waals surface area contributed by atoms with Crippen LogP contribution in [0.25, 0.3) is 11.0 Å². The molecule has 0 N–H and O–H groups in total. The average Bonchev–Trinajstić information content (AvgIpc) is 2.28. The molecule has 4 heteroatoms. The summed E-state index contributed by atoms with van der Waals surface area (Å²) in [6, 6.07) is 3.68. The maximum atomic E-state index is 5.33. The number of hydrogen-bond acceptors (Lipinski definition) is 4.